The maximum absolute atomic E-state index is 12.3. The van der Waals surface area contributed by atoms with Crippen LogP contribution in [-0.4, -0.2) is 31.9 Å². The Hall–Kier alpha value is -1.75. The van der Waals surface area contributed by atoms with E-state index in [9.17, 15) is 4.79 Å². The van der Waals surface area contributed by atoms with E-state index in [2.05, 4.69) is 24.5 Å². The number of carbonyl (C=O) groups excluding carboxylic acids is 1. The summed E-state index contributed by atoms with van der Waals surface area (Å²) in [6.45, 7) is 7.07. The largest absolute Gasteiger partial charge is 0.496 e. The summed E-state index contributed by atoms with van der Waals surface area (Å²) in [5.74, 6) is 1.26. The van der Waals surface area contributed by atoms with Gasteiger partial charge in [-0.05, 0) is 37.1 Å². The number of fused-ring (bicyclic) bond motifs is 1. The lowest BCUT2D eigenvalue weighted by Gasteiger charge is -2.54. The summed E-state index contributed by atoms with van der Waals surface area (Å²) in [6.07, 6.45) is 1.31. The summed E-state index contributed by atoms with van der Waals surface area (Å²) >= 11 is 0. The first-order chi connectivity index (χ1) is 10.4. The molecule has 0 spiro atoms. The Balaban J connectivity index is 1.62. The van der Waals surface area contributed by atoms with Gasteiger partial charge >= 0.3 is 6.03 Å². The number of amides is 2. The van der Waals surface area contributed by atoms with E-state index in [-0.39, 0.29) is 23.6 Å². The van der Waals surface area contributed by atoms with Gasteiger partial charge in [-0.25, -0.2) is 4.79 Å². The van der Waals surface area contributed by atoms with E-state index in [1.54, 1.807) is 7.11 Å². The second-order valence-electron chi connectivity index (χ2n) is 6.83. The first-order valence-electron chi connectivity index (χ1n) is 7.77. The van der Waals surface area contributed by atoms with E-state index in [4.69, 9.17) is 9.47 Å². The highest BCUT2D eigenvalue weighted by Gasteiger charge is 2.59. The first kappa shape index (κ1) is 15.2. The van der Waals surface area contributed by atoms with Crippen molar-refractivity contribution in [2.75, 3.05) is 19.0 Å². The van der Waals surface area contributed by atoms with Crippen molar-refractivity contribution >= 4 is 11.7 Å². The third-order valence-electron chi connectivity index (χ3n) is 5.04. The Labute approximate surface area is 131 Å². The molecule has 5 heteroatoms. The predicted octanol–water partition coefficient (Wildman–Crippen LogP) is 2.94. The molecule has 0 radical (unpaired) electrons. The highest BCUT2D eigenvalue weighted by Crippen LogP contribution is 2.52. The minimum absolute atomic E-state index is 0.00562. The van der Waals surface area contributed by atoms with Crippen molar-refractivity contribution in [3.8, 4) is 5.75 Å². The summed E-state index contributed by atoms with van der Waals surface area (Å²) < 4.78 is 11.0. The molecule has 1 saturated heterocycles. The number of nitrogens with one attached hydrogen (secondary N) is 2. The molecule has 1 aliphatic heterocycles. The molecular formula is C17H24N2O3. The van der Waals surface area contributed by atoms with Crippen LogP contribution in [0.1, 0.15) is 25.8 Å². The second kappa shape index (κ2) is 5.47. The number of ether oxygens (including phenoxy) is 2. The molecule has 2 N–H and O–H groups in total. The normalized spacial score (nSPS) is 28.5. The molecule has 0 bridgehead atoms. The monoisotopic (exact) mass is 304 g/mol. The molecule has 3 atom stereocenters. The molecule has 3 rings (SSSR count). The summed E-state index contributed by atoms with van der Waals surface area (Å²) in [5.41, 5.74) is 1.76. The van der Waals surface area contributed by atoms with Gasteiger partial charge in [-0.3, -0.25) is 0 Å². The van der Waals surface area contributed by atoms with Gasteiger partial charge in [0.1, 0.15) is 5.75 Å². The van der Waals surface area contributed by atoms with Crippen LogP contribution in [-0.2, 0) is 4.74 Å². The second-order valence-corrected chi connectivity index (χ2v) is 6.83. The zero-order chi connectivity index (χ0) is 15.9. The molecule has 0 unspecified atom stereocenters. The predicted molar refractivity (Wildman–Crippen MR) is 85.3 cm³/mol. The zero-order valence-corrected chi connectivity index (χ0v) is 13.6. The van der Waals surface area contributed by atoms with E-state index < -0.39 is 0 Å². The van der Waals surface area contributed by atoms with Crippen LogP contribution in [0.15, 0.2) is 18.2 Å². The molecule has 2 fully saturated rings. The van der Waals surface area contributed by atoms with Gasteiger partial charge in [0, 0.05) is 29.7 Å². The molecule has 1 heterocycles. The Kier molecular flexibility index (Phi) is 3.77. The van der Waals surface area contributed by atoms with Crippen LogP contribution in [0, 0.1) is 18.3 Å². The van der Waals surface area contributed by atoms with Crippen LogP contribution >= 0.6 is 0 Å². The molecule has 22 heavy (non-hydrogen) atoms. The Morgan fingerprint density at radius 3 is 2.86 bits per heavy atom. The average molecular weight is 304 g/mol. The van der Waals surface area contributed by atoms with Crippen molar-refractivity contribution < 1.29 is 14.3 Å². The zero-order valence-electron chi connectivity index (χ0n) is 13.6. The molecule has 2 amide bonds. The number of urea groups is 1. The highest BCUT2D eigenvalue weighted by atomic mass is 16.5. The number of anilines is 1. The molecule has 1 saturated carbocycles. The van der Waals surface area contributed by atoms with Crippen LogP contribution < -0.4 is 15.4 Å². The van der Waals surface area contributed by atoms with E-state index in [0.717, 1.165) is 30.0 Å². The number of hydrogen-bond acceptors (Lipinski definition) is 3. The Morgan fingerprint density at radius 2 is 2.18 bits per heavy atom. The fourth-order valence-corrected chi connectivity index (χ4v) is 3.88. The van der Waals surface area contributed by atoms with Gasteiger partial charge in [0.25, 0.3) is 0 Å². The number of benzene rings is 1. The van der Waals surface area contributed by atoms with Crippen molar-refractivity contribution in [2.45, 2.75) is 39.3 Å². The van der Waals surface area contributed by atoms with Crippen molar-refractivity contribution in [3.63, 3.8) is 0 Å². The van der Waals surface area contributed by atoms with Crippen molar-refractivity contribution in [1.29, 1.82) is 0 Å². The lowest BCUT2D eigenvalue weighted by molar-refractivity contribution is -0.107. The topological polar surface area (TPSA) is 59.6 Å². The fraction of sp³-hybridized carbons (Fsp3) is 0.588. The molecule has 0 aromatic heterocycles. The van der Waals surface area contributed by atoms with Gasteiger partial charge in [0.05, 0.1) is 13.2 Å². The Bertz CT molecular complexity index is 585. The molecule has 1 aromatic carbocycles. The maximum atomic E-state index is 12.3. The van der Waals surface area contributed by atoms with E-state index >= 15 is 0 Å². The third-order valence-corrected chi connectivity index (χ3v) is 5.04. The van der Waals surface area contributed by atoms with Crippen molar-refractivity contribution in [1.82, 2.24) is 5.32 Å². The average Bonchev–Trinajstić information content (AvgIpc) is 2.92. The molecule has 2 aliphatic rings. The lowest BCUT2D eigenvalue weighted by atomic mass is 9.57. The van der Waals surface area contributed by atoms with Crippen LogP contribution in [0.4, 0.5) is 10.5 Å². The minimum atomic E-state index is -0.159. The summed E-state index contributed by atoms with van der Waals surface area (Å²) in [7, 11) is 1.64. The van der Waals surface area contributed by atoms with Crippen LogP contribution in [0.2, 0.25) is 0 Å². The van der Waals surface area contributed by atoms with Gasteiger partial charge in [0.2, 0.25) is 0 Å². The fourth-order valence-electron chi connectivity index (χ4n) is 3.88. The molecule has 1 aromatic rings. The maximum Gasteiger partial charge on any atom is 0.319 e. The SMILES string of the molecule is COc1ccc(NC(=O)N[C@@H]2[C@@H]3CCO[C@H]3C2(C)C)cc1C. The van der Waals surface area contributed by atoms with E-state index in [1.165, 1.54) is 0 Å². The van der Waals surface area contributed by atoms with Gasteiger partial charge in [-0.1, -0.05) is 13.8 Å². The minimum Gasteiger partial charge on any atom is -0.496 e. The lowest BCUT2D eigenvalue weighted by Crippen LogP contribution is -2.67. The Morgan fingerprint density at radius 1 is 1.41 bits per heavy atom. The summed E-state index contributed by atoms with van der Waals surface area (Å²) in [5, 5.41) is 6.02. The van der Waals surface area contributed by atoms with Crippen LogP contribution in [0.3, 0.4) is 0 Å². The smallest absolute Gasteiger partial charge is 0.319 e. The van der Waals surface area contributed by atoms with E-state index in [1.807, 2.05) is 25.1 Å². The highest BCUT2D eigenvalue weighted by molar-refractivity contribution is 5.89. The summed E-state index contributed by atoms with van der Waals surface area (Å²) in [4.78, 5) is 12.3. The summed E-state index contributed by atoms with van der Waals surface area (Å²) in [6, 6.07) is 5.62. The number of rotatable bonds is 3. The van der Waals surface area contributed by atoms with Gasteiger partial charge in [0.15, 0.2) is 0 Å². The number of methoxy groups -OCH3 is 1. The standard InChI is InChI=1S/C17H24N2O3/c1-10-9-11(5-6-13(10)21-4)18-16(20)19-14-12-7-8-22-15(12)17(14,2)3/h5-6,9,12,14-15H,7-8H2,1-4H3,(H2,18,19,20)/t12-,14+,15+/m0/s1. The molecule has 5 nitrogen and oxygen atoms in total. The van der Waals surface area contributed by atoms with Crippen molar-refractivity contribution in [3.05, 3.63) is 23.8 Å². The van der Waals surface area contributed by atoms with Crippen LogP contribution in [0.5, 0.6) is 5.75 Å². The number of hydrogen-bond donors (Lipinski definition) is 2. The van der Waals surface area contributed by atoms with Gasteiger partial charge in [-0.15, -0.1) is 0 Å². The number of aryl methyl sites for hydroxylation is 1. The quantitative estimate of drug-likeness (QED) is 0.902. The molecule has 120 valence electrons. The number of carbonyl (C=O) groups is 1. The van der Waals surface area contributed by atoms with Gasteiger partial charge < -0.3 is 20.1 Å². The van der Waals surface area contributed by atoms with E-state index in [0.29, 0.717) is 5.92 Å². The molecule has 1 aliphatic carbocycles. The first-order valence-corrected chi connectivity index (χ1v) is 7.77. The molecular weight excluding hydrogens is 280 g/mol. The van der Waals surface area contributed by atoms with Crippen molar-refractivity contribution in [2.24, 2.45) is 11.3 Å². The van der Waals surface area contributed by atoms with Gasteiger partial charge in [-0.2, -0.15) is 0 Å². The third kappa shape index (κ3) is 2.43. The van der Waals surface area contributed by atoms with Crippen LogP contribution in [0.25, 0.3) is 0 Å².